The van der Waals surface area contributed by atoms with E-state index in [2.05, 4.69) is 67.7 Å². The average molecular weight is 397 g/mol. The third kappa shape index (κ3) is 4.25. The molecule has 1 atom stereocenters. The van der Waals surface area contributed by atoms with Crippen LogP contribution in [-0.2, 0) is 13.1 Å². The predicted octanol–water partition coefficient (Wildman–Crippen LogP) is 4.12. The fourth-order valence-electron chi connectivity index (χ4n) is 3.38. The van der Waals surface area contributed by atoms with Gasteiger partial charge in [-0.3, -0.25) is 9.36 Å². The predicted molar refractivity (Wildman–Crippen MR) is 118 cm³/mol. The van der Waals surface area contributed by atoms with Crippen LogP contribution >= 0.6 is 12.2 Å². The summed E-state index contributed by atoms with van der Waals surface area (Å²) < 4.78 is 4.00. The zero-order valence-electron chi connectivity index (χ0n) is 17.2. The minimum Gasteiger partial charge on any atom is -0.354 e. The molecule has 148 valence electrons. The number of benzene rings is 1. The highest BCUT2D eigenvalue weighted by atomic mass is 32.1. The van der Waals surface area contributed by atoms with Gasteiger partial charge in [-0.15, -0.1) is 0 Å². The highest BCUT2D eigenvalue weighted by molar-refractivity contribution is 7.80. The molecule has 28 heavy (non-hydrogen) atoms. The van der Waals surface area contributed by atoms with Gasteiger partial charge in [0.25, 0.3) is 0 Å². The van der Waals surface area contributed by atoms with Crippen molar-refractivity contribution in [3.8, 4) is 0 Å². The highest BCUT2D eigenvalue weighted by Crippen LogP contribution is 2.22. The van der Waals surface area contributed by atoms with Gasteiger partial charge in [0.2, 0.25) is 0 Å². The summed E-state index contributed by atoms with van der Waals surface area (Å²) in [4.78, 5) is 0. The first-order valence-corrected chi connectivity index (χ1v) is 9.99. The third-order valence-electron chi connectivity index (χ3n) is 5.04. The smallest absolute Gasteiger partial charge is 0.171 e. The molecule has 7 heteroatoms. The maximum Gasteiger partial charge on any atom is 0.171 e. The summed E-state index contributed by atoms with van der Waals surface area (Å²) in [6.45, 7) is 11.9. The molecule has 3 rings (SSSR count). The van der Waals surface area contributed by atoms with Gasteiger partial charge in [-0.2, -0.15) is 10.2 Å². The molecule has 0 aliphatic carbocycles. The molecule has 3 aromatic rings. The third-order valence-corrected chi connectivity index (χ3v) is 5.26. The second-order valence-corrected chi connectivity index (χ2v) is 7.43. The van der Waals surface area contributed by atoms with Crippen LogP contribution in [0.5, 0.6) is 0 Å². The number of thiocarbonyl (C=S) groups is 1. The Bertz CT molecular complexity index is 971. The van der Waals surface area contributed by atoms with E-state index in [1.165, 1.54) is 11.1 Å². The summed E-state index contributed by atoms with van der Waals surface area (Å²) >= 11 is 5.56. The molecule has 1 aromatic carbocycles. The molecule has 2 aromatic heterocycles. The monoisotopic (exact) mass is 396 g/mol. The summed E-state index contributed by atoms with van der Waals surface area (Å²) in [7, 11) is 0. The number of nitrogens with one attached hydrogen (secondary N) is 2. The number of anilines is 1. The molecule has 6 nitrogen and oxygen atoms in total. The largest absolute Gasteiger partial charge is 0.354 e. The van der Waals surface area contributed by atoms with Crippen molar-refractivity contribution < 1.29 is 0 Å². The zero-order chi connectivity index (χ0) is 20.3. The van der Waals surface area contributed by atoms with Crippen molar-refractivity contribution in [2.75, 3.05) is 5.32 Å². The molecule has 0 saturated heterocycles. The minimum absolute atomic E-state index is 0.0603. The van der Waals surface area contributed by atoms with Crippen LogP contribution in [0.3, 0.4) is 0 Å². The maximum atomic E-state index is 5.56. The fourth-order valence-corrected chi connectivity index (χ4v) is 3.65. The maximum absolute atomic E-state index is 5.56. The van der Waals surface area contributed by atoms with E-state index in [1.807, 2.05) is 28.6 Å². The van der Waals surface area contributed by atoms with Gasteiger partial charge in [0, 0.05) is 12.7 Å². The fraction of sp³-hybridized carbons (Fsp3) is 0.381. The van der Waals surface area contributed by atoms with Crippen molar-refractivity contribution in [3.63, 3.8) is 0 Å². The van der Waals surface area contributed by atoms with Crippen LogP contribution in [0, 0.1) is 20.8 Å². The minimum atomic E-state index is 0.0603. The van der Waals surface area contributed by atoms with E-state index < -0.39 is 0 Å². The highest BCUT2D eigenvalue weighted by Gasteiger charge is 2.16. The van der Waals surface area contributed by atoms with Gasteiger partial charge in [-0.1, -0.05) is 24.3 Å². The van der Waals surface area contributed by atoms with Crippen molar-refractivity contribution in [3.05, 3.63) is 64.7 Å². The van der Waals surface area contributed by atoms with E-state index in [9.17, 15) is 0 Å². The molecule has 0 spiro atoms. The first kappa shape index (κ1) is 20.1. The second-order valence-electron chi connectivity index (χ2n) is 7.02. The Labute approximate surface area is 172 Å². The molecule has 0 bridgehead atoms. The van der Waals surface area contributed by atoms with E-state index in [0.717, 1.165) is 35.9 Å². The van der Waals surface area contributed by atoms with Crippen molar-refractivity contribution in [2.45, 2.75) is 53.8 Å². The van der Waals surface area contributed by atoms with E-state index >= 15 is 0 Å². The standard InChI is InChI=1S/C21H28N6S/c1-6-26-19(11-12-22-26)15(3)23-21(28)24-20-16(4)25-27(17(20)5)13-18-10-8-7-9-14(18)2/h7-12,15H,6,13H2,1-5H3,(H2,23,24,28). The summed E-state index contributed by atoms with van der Waals surface area (Å²) in [5.41, 5.74) is 6.60. The number of hydrogen-bond acceptors (Lipinski definition) is 3. The first-order valence-electron chi connectivity index (χ1n) is 9.58. The van der Waals surface area contributed by atoms with Crippen molar-refractivity contribution in [1.82, 2.24) is 24.9 Å². The molecule has 0 aliphatic rings. The SMILES string of the molecule is CCn1nccc1C(C)NC(=S)Nc1c(C)nn(Cc2ccccc2C)c1C. The summed E-state index contributed by atoms with van der Waals surface area (Å²) in [6, 6.07) is 10.5. The van der Waals surface area contributed by atoms with E-state index in [1.54, 1.807) is 0 Å². The lowest BCUT2D eigenvalue weighted by molar-refractivity contribution is 0.568. The van der Waals surface area contributed by atoms with Gasteiger partial charge in [0.1, 0.15) is 0 Å². The van der Waals surface area contributed by atoms with Gasteiger partial charge >= 0.3 is 0 Å². The quantitative estimate of drug-likeness (QED) is 0.614. The van der Waals surface area contributed by atoms with E-state index in [-0.39, 0.29) is 6.04 Å². The molecule has 0 radical (unpaired) electrons. The van der Waals surface area contributed by atoms with Crippen LogP contribution in [0.25, 0.3) is 0 Å². The lowest BCUT2D eigenvalue weighted by Crippen LogP contribution is -2.32. The van der Waals surface area contributed by atoms with Gasteiger partial charge in [-0.25, -0.2) is 0 Å². The molecule has 0 amide bonds. The number of rotatable bonds is 6. The normalized spacial score (nSPS) is 12.0. The summed E-state index contributed by atoms with van der Waals surface area (Å²) in [6.07, 6.45) is 1.82. The van der Waals surface area contributed by atoms with Crippen molar-refractivity contribution in [2.24, 2.45) is 0 Å². The number of hydrogen-bond donors (Lipinski definition) is 2. The molecule has 0 saturated carbocycles. The zero-order valence-corrected chi connectivity index (χ0v) is 18.0. The van der Waals surface area contributed by atoms with Crippen LogP contribution in [-0.4, -0.2) is 24.7 Å². The molecule has 2 heterocycles. The Morgan fingerprint density at radius 3 is 2.61 bits per heavy atom. The Kier molecular flexibility index (Phi) is 6.14. The lowest BCUT2D eigenvalue weighted by Gasteiger charge is -2.18. The van der Waals surface area contributed by atoms with Crippen molar-refractivity contribution >= 4 is 23.0 Å². The van der Waals surface area contributed by atoms with Crippen LogP contribution in [0.4, 0.5) is 5.69 Å². The first-order chi connectivity index (χ1) is 13.4. The second kappa shape index (κ2) is 8.56. The molecule has 0 aliphatic heterocycles. The summed E-state index contributed by atoms with van der Waals surface area (Å²) in [5, 5.41) is 16.3. The Morgan fingerprint density at radius 1 is 1.14 bits per heavy atom. The molecular formula is C21H28N6S. The number of aromatic nitrogens is 4. The number of aryl methyl sites for hydroxylation is 3. The van der Waals surface area contributed by atoms with Crippen LogP contribution in [0.2, 0.25) is 0 Å². The van der Waals surface area contributed by atoms with E-state index in [0.29, 0.717) is 5.11 Å². The lowest BCUT2D eigenvalue weighted by atomic mass is 10.1. The van der Waals surface area contributed by atoms with Crippen molar-refractivity contribution in [1.29, 1.82) is 0 Å². The summed E-state index contributed by atoms with van der Waals surface area (Å²) in [5.74, 6) is 0. The van der Waals surface area contributed by atoms with Gasteiger partial charge in [-0.05, 0) is 64.0 Å². The van der Waals surface area contributed by atoms with Gasteiger partial charge in [0.05, 0.1) is 35.4 Å². The Hall–Kier alpha value is -2.67. The van der Waals surface area contributed by atoms with E-state index in [4.69, 9.17) is 17.3 Å². The molecule has 0 fully saturated rings. The molecular weight excluding hydrogens is 368 g/mol. The number of nitrogens with zero attached hydrogens (tertiary/aromatic N) is 4. The Balaban J connectivity index is 1.71. The average Bonchev–Trinajstić information content (AvgIpc) is 3.24. The van der Waals surface area contributed by atoms with Crippen LogP contribution in [0.1, 0.15) is 48.1 Å². The van der Waals surface area contributed by atoms with Gasteiger partial charge in [0.15, 0.2) is 5.11 Å². The molecule has 2 N–H and O–H groups in total. The van der Waals surface area contributed by atoms with Crippen LogP contribution in [0.15, 0.2) is 36.5 Å². The topological polar surface area (TPSA) is 59.7 Å². The van der Waals surface area contributed by atoms with Gasteiger partial charge < -0.3 is 10.6 Å². The Morgan fingerprint density at radius 2 is 1.89 bits per heavy atom. The molecule has 1 unspecified atom stereocenters. The van der Waals surface area contributed by atoms with Crippen LogP contribution < -0.4 is 10.6 Å².